The largest absolute Gasteiger partial charge is 0.467 e. The van der Waals surface area contributed by atoms with E-state index in [0.29, 0.717) is 10.8 Å². The summed E-state index contributed by atoms with van der Waals surface area (Å²) < 4.78 is 6.31. The highest BCUT2D eigenvalue weighted by Crippen LogP contribution is 2.29. The van der Waals surface area contributed by atoms with Gasteiger partial charge in [0.1, 0.15) is 11.8 Å². The van der Waals surface area contributed by atoms with Crippen LogP contribution in [0.1, 0.15) is 17.4 Å². The SMILES string of the molecule is O=C(Cc1csc2ccc(Cl)cc12)NC(CO)c1ccco1. The predicted octanol–water partition coefficient (Wildman–Crippen LogP) is 3.54. The fourth-order valence-corrected chi connectivity index (χ4v) is 3.42. The summed E-state index contributed by atoms with van der Waals surface area (Å²) in [6, 6.07) is 8.56. The Morgan fingerprint density at radius 2 is 2.27 bits per heavy atom. The summed E-state index contributed by atoms with van der Waals surface area (Å²) >= 11 is 7.60. The smallest absolute Gasteiger partial charge is 0.225 e. The number of benzene rings is 1. The fraction of sp³-hybridized carbons (Fsp3) is 0.188. The van der Waals surface area contributed by atoms with Crippen LogP contribution in [0.4, 0.5) is 0 Å². The second kappa shape index (κ2) is 6.52. The van der Waals surface area contributed by atoms with Crippen molar-refractivity contribution in [2.24, 2.45) is 0 Å². The van der Waals surface area contributed by atoms with Crippen LogP contribution in [0, 0.1) is 0 Å². The zero-order valence-corrected chi connectivity index (χ0v) is 13.2. The van der Waals surface area contributed by atoms with Gasteiger partial charge in [-0.05, 0) is 46.7 Å². The van der Waals surface area contributed by atoms with Gasteiger partial charge in [-0.2, -0.15) is 0 Å². The first-order chi connectivity index (χ1) is 10.7. The Kier molecular flexibility index (Phi) is 4.47. The van der Waals surface area contributed by atoms with Crippen molar-refractivity contribution in [1.29, 1.82) is 0 Å². The average molecular weight is 336 g/mol. The number of carbonyl (C=O) groups is 1. The molecule has 2 aromatic heterocycles. The van der Waals surface area contributed by atoms with E-state index in [1.165, 1.54) is 6.26 Å². The number of amides is 1. The van der Waals surface area contributed by atoms with Crippen molar-refractivity contribution in [3.05, 3.63) is 58.3 Å². The number of halogens is 1. The highest BCUT2D eigenvalue weighted by molar-refractivity contribution is 7.17. The van der Waals surface area contributed by atoms with Crippen molar-refractivity contribution in [3.63, 3.8) is 0 Å². The summed E-state index contributed by atoms with van der Waals surface area (Å²) in [6.45, 7) is -0.213. The highest BCUT2D eigenvalue weighted by Gasteiger charge is 2.17. The average Bonchev–Trinajstić information content (AvgIpc) is 3.15. The quantitative estimate of drug-likeness (QED) is 0.749. The van der Waals surface area contributed by atoms with E-state index in [2.05, 4.69) is 5.32 Å². The molecule has 4 nitrogen and oxygen atoms in total. The van der Waals surface area contributed by atoms with Crippen LogP contribution in [0.15, 0.2) is 46.4 Å². The van der Waals surface area contributed by atoms with Gasteiger partial charge in [0.15, 0.2) is 0 Å². The highest BCUT2D eigenvalue weighted by atomic mass is 35.5. The van der Waals surface area contributed by atoms with E-state index in [1.807, 2.05) is 23.6 Å². The minimum atomic E-state index is -0.531. The number of aliphatic hydroxyl groups is 1. The van der Waals surface area contributed by atoms with Crippen LogP contribution in [-0.4, -0.2) is 17.6 Å². The molecule has 1 aromatic carbocycles. The van der Waals surface area contributed by atoms with Gasteiger partial charge >= 0.3 is 0 Å². The second-order valence-corrected chi connectivity index (χ2v) is 6.24. The van der Waals surface area contributed by atoms with Crippen LogP contribution in [0.3, 0.4) is 0 Å². The van der Waals surface area contributed by atoms with Crippen molar-refractivity contribution in [3.8, 4) is 0 Å². The van der Waals surface area contributed by atoms with E-state index >= 15 is 0 Å². The van der Waals surface area contributed by atoms with Crippen molar-refractivity contribution >= 4 is 38.9 Å². The van der Waals surface area contributed by atoms with Gasteiger partial charge in [-0.1, -0.05) is 11.6 Å². The lowest BCUT2D eigenvalue weighted by Crippen LogP contribution is -2.31. The minimum absolute atomic E-state index is 0.171. The molecule has 0 aliphatic carbocycles. The molecule has 0 spiro atoms. The number of fused-ring (bicyclic) bond motifs is 1. The molecule has 6 heteroatoms. The topological polar surface area (TPSA) is 62.5 Å². The van der Waals surface area contributed by atoms with Crippen LogP contribution in [0.25, 0.3) is 10.1 Å². The Balaban J connectivity index is 1.74. The predicted molar refractivity (Wildman–Crippen MR) is 87.2 cm³/mol. The third kappa shape index (κ3) is 3.16. The van der Waals surface area contributed by atoms with Gasteiger partial charge in [0.25, 0.3) is 0 Å². The van der Waals surface area contributed by atoms with Crippen molar-refractivity contribution in [2.75, 3.05) is 6.61 Å². The minimum Gasteiger partial charge on any atom is -0.467 e. The maximum atomic E-state index is 12.2. The van der Waals surface area contributed by atoms with Gasteiger partial charge in [-0.15, -0.1) is 11.3 Å². The summed E-state index contributed by atoms with van der Waals surface area (Å²) in [5.41, 5.74) is 0.927. The number of nitrogens with one attached hydrogen (secondary N) is 1. The summed E-state index contributed by atoms with van der Waals surface area (Å²) in [7, 11) is 0. The molecule has 0 saturated heterocycles. The lowest BCUT2D eigenvalue weighted by atomic mass is 10.1. The van der Waals surface area contributed by atoms with Gasteiger partial charge in [0, 0.05) is 9.72 Å². The summed E-state index contributed by atoms with van der Waals surface area (Å²) in [5, 5.41) is 15.8. The normalized spacial score (nSPS) is 12.5. The van der Waals surface area contributed by atoms with Crippen molar-refractivity contribution < 1.29 is 14.3 Å². The molecule has 2 N–H and O–H groups in total. The molecular formula is C16H14ClNO3S. The van der Waals surface area contributed by atoms with Gasteiger partial charge in [0.05, 0.1) is 19.3 Å². The molecule has 0 fully saturated rings. The van der Waals surface area contributed by atoms with Crippen LogP contribution >= 0.6 is 22.9 Å². The van der Waals surface area contributed by atoms with E-state index in [-0.39, 0.29) is 18.9 Å². The van der Waals surface area contributed by atoms with Crippen LogP contribution in [0.5, 0.6) is 0 Å². The van der Waals surface area contributed by atoms with Crippen LogP contribution in [0.2, 0.25) is 5.02 Å². The molecule has 1 amide bonds. The standard InChI is InChI=1S/C16H14ClNO3S/c17-11-3-4-15-12(7-11)10(9-22-15)6-16(20)18-13(8-19)14-2-1-5-21-14/h1-5,7,9,13,19H,6,8H2,(H,18,20). The van der Waals surface area contributed by atoms with Gasteiger partial charge in [-0.25, -0.2) is 0 Å². The zero-order valence-electron chi connectivity index (χ0n) is 11.6. The van der Waals surface area contributed by atoms with E-state index < -0.39 is 6.04 Å². The molecule has 1 atom stereocenters. The van der Waals surface area contributed by atoms with Gasteiger partial charge < -0.3 is 14.8 Å². The second-order valence-electron chi connectivity index (χ2n) is 4.90. The Bertz CT molecular complexity index is 782. The molecule has 2 heterocycles. The first-order valence-corrected chi connectivity index (χ1v) is 8.02. The summed E-state index contributed by atoms with van der Waals surface area (Å²) in [5.74, 6) is 0.365. The Hall–Kier alpha value is -1.82. The van der Waals surface area contributed by atoms with E-state index in [4.69, 9.17) is 16.0 Å². The van der Waals surface area contributed by atoms with Crippen molar-refractivity contribution in [1.82, 2.24) is 5.32 Å². The monoisotopic (exact) mass is 335 g/mol. The molecule has 0 saturated carbocycles. The van der Waals surface area contributed by atoms with Crippen LogP contribution < -0.4 is 5.32 Å². The maximum Gasteiger partial charge on any atom is 0.225 e. The van der Waals surface area contributed by atoms with E-state index in [1.54, 1.807) is 23.5 Å². The Morgan fingerprint density at radius 1 is 1.41 bits per heavy atom. The first-order valence-electron chi connectivity index (χ1n) is 6.76. The van der Waals surface area contributed by atoms with E-state index in [9.17, 15) is 9.90 Å². The first kappa shape index (κ1) is 15.1. The fourth-order valence-electron chi connectivity index (χ4n) is 2.31. The molecule has 1 unspecified atom stereocenters. The molecule has 3 aromatic rings. The Morgan fingerprint density at radius 3 is 3.00 bits per heavy atom. The molecule has 0 aliphatic heterocycles. The molecule has 0 radical (unpaired) electrons. The molecule has 0 aliphatic rings. The summed E-state index contributed by atoms with van der Waals surface area (Å²) in [6.07, 6.45) is 1.75. The molecule has 3 rings (SSSR count). The molecule has 22 heavy (non-hydrogen) atoms. The number of carbonyl (C=O) groups excluding carboxylic acids is 1. The molecule has 114 valence electrons. The number of thiophene rings is 1. The number of hydrogen-bond acceptors (Lipinski definition) is 4. The Labute approximate surface area is 136 Å². The molecular weight excluding hydrogens is 322 g/mol. The number of aliphatic hydroxyl groups excluding tert-OH is 1. The van der Waals surface area contributed by atoms with E-state index in [0.717, 1.165) is 15.6 Å². The summed E-state index contributed by atoms with van der Waals surface area (Å²) in [4.78, 5) is 12.2. The maximum absolute atomic E-state index is 12.2. The third-order valence-electron chi connectivity index (χ3n) is 3.37. The number of rotatable bonds is 5. The molecule has 0 bridgehead atoms. The lowest BCUT2D eigenvalue weighted by molar-refractivity contribution is -0.121. The van der Waals surface area contributed by atoms with Crippen LogP contribution in [-0.2, 0) is 11.2 Å². The zero-order chi connectivity index (χ0) is 15.5. The number of hydrogen-bond donors (Lipinski definition) is 2. The number of furan rings is 1. The van der Waals surface area contributed by atoms with Crippen molar-refractivity contribution in [2.45, 2.75) is 12.5 Å². The third-order valence-corrected chi connectivity index (χ3v) is 4.62. The van der Waals surface area contributed by atoms with Gasteiger partial charge in [-0.3, -0.25) is 4.79 Å². The van der Waals surface area contributed by atoms with Gasteiger partial charge in [0.2, 0.25) is 5.91 Å². The lowest BCUT2D eigenvalue weighted by Gasteiger charge is -2.13.